The summed E-state index contributed by atoms with van der Waals surface area (Å²) in [7, 11) is 0. The standard InChI is InChI=1S/C8H18N2.C2H6/c1-4-8-7(3)6(2)5-10(8)9;1-2/h6-8H,4-5,9H2,1-3H3;1-2H3. The Morgan fingerprint density at radius 1 is 1.33 bits per heavy atom. The van der Waals surface area contributed by atoms with Crippen LogP contribution in [-0.4, -0.2) is 17.6 Å². The van der Waals surface area contributed by atoms with Gasteiger partial charge in [0, 0.05) is 12.6 Å². The Balaban J connectivity index is 0.000000561. The Morgan fingerprint density at radius 2 is 1.83 bits per heavy atom. The van der Waals surface area contributed by atoms with Gasteiger partial charge in [0.1, 0.15) is 0 Å². The summed E-state index contributed by atoms with van der Waals surface area (Å²) in [4.78, 5) is 0. The first-order valence-corrected chi connectivity index (χ1v) is 5.18. The SMILES string of the molecule is CC.CCC1C(C)C(C)CN1N. The normalized spacial score (nSPS) is 36.0. The van der Waals surface area contributed by atoms with Crippen molar-refractivity contribution >= 4 is 0 Å². The molecule has 1 heterocycles. The highest BCUT2D eigenvalue weighted by molar-refractivity contribution is 4.84. The molecule has 3 atom stereocenters. The van der Waals surface area contributed by atoms with Crippen molar-refractivity contribution in [1.82, 2.24) is 5.01 Å². The van der Waals surface area contributed by atoms with Crippen LogP contribution in [0.4, 0.5) is 0 Å². The van der Waals surface area contributed by atoms with E-state index < -0.39 is 0 Å². The van der Waals surface area contributed by atoms with Gasteiger partial charge < -0.3 is 0 Å². The van der Waals surface area contributed by atoms with E-state index >= 15 is 0 Å². The molecule has 1 fully saturated rings. The maximum Gasteiger partial charge on any atom is 0.0267 e. The van der Waals surface area contributed by atoms with Gasteiger partial charge in [-0.15, -0.1) is 0 Å². The molecule has 1 saturated heterocycles. The van der Waals surface area contributed by atoms with Gasteiger partial charge >= 0.3 is 0 Å². The lowest BCUT2D eigenvalue weighted by atomic mass is 9.93. The second-order valence-corrected chi connectivity index (χ2v) is 3.51. The highest BCUT2D eigenvalue weighted by Crippen LogP contribution is 2.28. The summed E-state index contributed by atoms with van der Waals surface area (Å²) in [6.45, 7) is 11.9. The van der Waals surface area contributed by atoms with E-state index in [-0.39, 0.29) is 0 Å². The number of rotatable bonds is 1. The van der Waals surface area contributed by atoms with Crippen molar-refractivity contribution in [1.29, 1.82) is 0 Å². The molecule has 0 spiro atoms. The summed E-state index contributed by atoms with van der Waals surface area (Å²) < 4.78 is 0. The Hall–Kier alpha value is -0.0800. The highest BCUT2D eigenvalue weighted by atomic mass is 15.4. The average Bonchev–Trinajstić information content (AvgIpc) is 2.31. The molecule has 2 heteroatoms. The van der Waals surface area contributed by atoms with Crippen molar-refractivity contribution < 1.29 is 0 Å². The Labute approximate surface area is 77.1 Å². The fourth-order valence-corrected chi connectivity index (χ4v) is 1.92. The molecule has 1 rings (SSSR count). The minimum atomic E-state index is 0.620. The topological polar surface area (TPSA) is 29.3 Å². The van der Waals surface area contributed by atoms with E-state index in [2.05, 4.69) is 20.8 Å². The molecule has 0 aromatic heterocycles. The van der Waals surface area contributed by atoms with Crippen molar-refractivity contribution in [2.45, 2.75) is 47.1 Å². The van der Waals surface area contributed by atoms with Gasteiger partial charge in [0.25, 0.3) is 0 Å². The van der Waals surface area contributed by atoms with Gasteiger partial charge in [-0.2, -0.15) is 0 Å². The lowest BCUT2D eigenvalue weighted by Crippen LogP contribution is -2.37. The second-order valence-electron chi connectivity index (χ2n) is 3.51. The van der Waals surface area contributed by atoms with E-state index in [0.717, 1.165) is 18.4 Å². The van der Waals surface area contributed by atoms with Crippen LogP contribution >= 0.6 is 0 Å². The quantitative estimate of drug-likeness (QED) is 0.615. The predicted molar refractivity (Wildman–Crippen MR) is 54.6 cm³/mol. The van der Waals surface area contributed by atoms with E-state index in [1.807, 2.05) is 18.9 Å². The maximum absolute atomic E-state index is 5.80. The molecule has 0 aliphatic carbocycles. The highest BCUT2D eigenvalue weighted by Gasteiger charge is 2.33. The molecule has 3 unspecified atom stereocenters. The third-order valence-corrected chi connectivity index (χ3v) is 2.85. The number of hydrogen-bond donors (Lipinski definition) is 1. The van der Waals surface area contributed by atoms with Gasteiger partial charge in [-0.3, -0.25) is 5.84 Å². The number of hydrogen-bond acceptors (Lipinski definition) is 2. The summed E-state index contributed by atoms with van der Waals surface area (Å²) in [6.07, 6.45) is 1.18. The number of nitrogens with two attached hydrogens (primary N) is 1. The van der Waals surface area contributed by atoms with Gasteiger partial charge in [-0.05, 0) is 18.3 Å². The third-order valence-electron chi connectivity index (χ3n) is 2.85. The van der Waals surface area contributed by atoms with E-state index in [1.165, 1.54) is 6.42 Å². The van der Waals surface area contributed by atoms with Gasteiger partial charge in [-0.25, -0.2) is 5.01 Å². The Kier molecular flexibility index (Phi) is 5.51. The van der Waals surface area contributed by atoms with Gasteiger partial charge in [0.15, 0.2) is 0 Å². The van der Waals surface area contributed by atoms with E-state index in [1.54, 1.807) is 0 Å². The van der Waals surface area contributed by atoms with E-state index in [9.17, 15) is 0 Å². The zero-order valence-corrected chi connectivity index (χ0v) is 9.17. The fraction of sp³-hybridized carbons (Fsp3) is 1.00. The lowest BCUT2D eigenvalue weighted by molar-refractivity contribution is 0.231. The van der Waals surface area contributed by atoms with Crippen LogP contribution in [0, 0.1) is 11.8 Å². The molecule has 0 amide bonds. The molecular formula is C10H24N2. The minimum absolute atomic E-state index is 0.620. The maximum atomic E-state index is 5.80. The molecule has 1 aliphatic rings. The molecule has 12 heavy (non-hydrogen) atoms. The number of hydrazine groups is 1. The van der Waals surface area contributed by atoms with Crippen LogP contribution in [0.5, 0.6) is 0 Å². The summed E-state index contributed by atoms with van der Waals surface area (Å²) in [5.41, 5.74) is 0. The monoisotopic (exact) mass is 172 g/mol. The Morgan fingerprint density at radius 3 is 2.00 bits per heavy atom. The van der Waals surface area contributed by atoms with Crippen LogP contribution in [0.2, 0.25) is 0 Å². The molecule has 2 N–H and O–H groups in total. The summed E-state index contributed by atoms with van der Waals surface area (Å²) in [6, 6.07) is 0.620. The van der Waals surface area contributed by atoms with Crippen LogP contribution < -0.4 is 5.84 Å². The predicted octanol–water partition coefficient (Wildman–Crippen LogP) is 2.25. The molecule has 0 bridgehead atoms. The molecule has 1 aliphatic heterocycles. The lowest BCUT2D eigenvalue weighted by Gasteiger charge is -2.20. The van der Waals surface area contributed by atoms with Crippen LogP contribution in [0.3, 0.4) is 0 Å². The molecule has 0 radical (unpaired) electrons. The zero-order chi connectivity index (χ0) is 9.72. The van der Waals surface area contributed by atoms with Crippen molar-refractivity contribution in [3.05, 3.63) is 0 Å². The fourth-order valence-electron chi connectivity index (χ4n) is 1.92. The van der Waals surface area contributed by atoms with Crippen molar-refractivity contribution in [2.75, 3.05) is 6.54 Å². The van der Waals surface area contributed by atoms with Crippen LogP contribution in [0.25, 0.3) is 0 Å². The van der Waals surface area contributed by atoms with E-state index in [0.29, 0.717) is 6.04 Å². The largest absolute Gasteiger partial charge is 0.269 e. The molecule has 0 aromatic rings. The van der Waals surface area contributed by atoms with Crippen LogP contribution in [0.1, 0.15) is 41.0 Å². The molecule has 0 saturated carbocycles. The van der Waals surface area contributed by atoms with Gasteiger partial charge in [0.2, 0.25) is 0 Å². The van der Waals surface area contributed by atoms with Crippen molar-refractivity contribution in [3.8, 4) is 0 Å². The summed E-state index contributed by atoms with van der Waals surface area (Å²) in [5, 5.41) is 2.00. The molecule has 0 aromatic carbocycles. The Bertz CT molecular complexity index is 114. The van der Waals surface area contributed by atoms with Gasteiger partial charge in [-0.1, -0.05) is 34.6 Å². The molecule has 74 valence electrons. The third kappa shape index (κ3) is 2.46. The zero-order valence-electron chi connectivity index (χ0n) is 9.17. The van der Waals surface area contributed by atoms with Crippen LogP contribution in [0.15, 0.2) is 0 Å². The minimum Gasteiger partial charge on any atom is -0.269 e. The average molecular weight is 172 g/mol. The molecule has 2 nitrogen and oxygen atoms in total. The second kappa shape index (κ2) is 5.55. The first-order chi connectivity index (χ1) is 5.66. The van der Waals surface area contributed by atoms with E-state index in [4.69, 9.17) is 5.84 Å². The van der Waals surface area contributed by atoms with Gasteiger partial charge in [0.05, 0.1) is 0 Å². The van der Waals surface area contributed by atoms with Crippen LogP contribution in [-0.2, 0) is 0 Å². The summed E-state index contributed by atoms with van der Waals surface area (Å²) >= 11 is 0. The smallest absolute Gasteiger partial charge is 0.0267 e. The van der Waals surface area contributed by atoms with Crippen molar-refractivity contribution in [3.63, 3.8) is 0 Å². The summed E-state index contributed by atoms with van der Waals surface area (Å²) in [5.74, 6) is 7.35. The van der Waals surface area contributed by atoms with Crippen molar-refractivity contribution in [2.24, 2.45) is 17.7 Å². The number of nitrogens with zero attached hydrogens (tertiary/aromatic N) is 1. The first kappa shape index (κ1) is 11.9. The molecular weight excluding hydrogens is 148 g/mol. The first-order valence-electron chi connectivity index (χ1n) is 5.18.